The van der Waals surface area contributed by atoms with Gasteiger partial charge in [-0.2, -0.15) is 0 Å². The third-order valence-corrected chi connectivity index (χ3v) is 2.98. The quantitative estimate of drug-likeness (QED) is 0.828. The number of benzene rings is 1. The maximum Gasteiger partial charge on any atom is 0.0409 e. The van der Waals surface area contributed by atoms with Gasteiger partial charge in [0.25, 0.3) is 0 Å². The largest absolute Gasteiger partial charge is 0.312 e. The van der Waals surface area contributed by atoms with Crippen LogP contribution in [0.2, 0.25) is 5.02 Å². The molecule has 1 N–H and O–H groups in total. The summed E-state index contributed by atoms with van der Waals surface area (Å²) in [5, 5.41) is 4.27. The highest BCUT2D eigenvalue weighted by Crippen LogP contribution is 2.13. The molecule has 1 atom stereocenters. The van der Waals surface area contributed by atoms with Crippen LogP contribution in [-0.4, -0.2) is 30.6 Å². The fraction of sp³-hybridized carbons (Fsp3) is 0.500. The molecule has 1 fully saturated rings. The van der Waals surface area contributed by atoms with E-state index in [0.717, 1.165) is 31.2 Å². The Balaban J connectivity index is 1.96. The topological polar surface area (TPSA) is 15.3 Å². The molecule has 1 aromatic rings. The number of nitrogens with one attached hydrogen (secondary N) is 1. The van der Waals surface area contributed by atoms with Crippen molar-refractivity contribution in [1.29, 1.82) is 0 Å². The second kappa shape index (κ2) is 4.97. The van der Waals surface area contributed by atoms with E-state index in [9.17, 15) is 0 Å². The third-order valence-electron chi connectivity index (χ3n) is 2.75. The standard InChI is InChI=1S/C12H17ClN2/c1-10-8-15(6-5-14-10)9-11-3-2-4-12(13)7-11/h2-4,7,10,14H,5-6,8-9H2,1H3/t10-/m1/s1. The lowest BCUT2D eigenvalue weighted by atomic mass is 10.1. The van der Waals surface area contributed by atoms with Gasteiger partial charge in [0, 0.05) is 37.2 Å². The van der Waals surface area contributed by atoms with Crippen LogP contribution in [-0.2, 0) is 6.54 Å². The van der Waals surface area contributed by atoms with E-state index in [-0.39, 0.29) is 0 Å². The van der Waals surface area contributed by atoms with E-state index in [0.29, 0.717) is 6.04 Å². The first kappa shape index (κ1) is 10.9. The minimum atomic E-state index is 0.595. The summed E-state index contributed by atoms with van der Waals surface area (Å²) in [6.07, 6.45) is 0. The zero-order valence-electron chi connectivity index (χ0n) is 9.04. The van der Waals surface area contributed by atoms with E-state index in [1.165, 1.54) is 5.56 Å². The number of hydrogen-bond acceptors (Lipinski definition) is 2. The number of piperazine rings is 1. The van der Waals surface area contributed by atoms with E-state index < -0.39 is 0 Å². The van der Waals surface area contributed by atoms with Crippen LogP contribution >= 0.6 is 11.6 Å². The summed E-state index contributed by atoms with van der Waals surface area (Å²) in [5.41, 5.74) is 1.30. The number of halogens is 1. The molecule has 0 aliphatic carbocycles. The molecule has 15 heavy (non-hydrogen) atoms. The summed E-state index contributed by atoms with van der Waals surface area (Å²) in [5.74, 6) is 0. The van der Waals surface area contributed by atoms with Crippen molar-refractivity contribution in [3.8, 4) is 0 Å². The molecule has 2 nitrogen and oxygen atoms in total. The Kier molecular flexibility index (Phi) is 3.62. The molecule has 0 amide bonds. The lowest BCUT2D eigenvalue weighted by Crippen LogP contribution is -2.48. The fourth-order valence-corrected chi connectivity index (χ4v) is 2.26. The molecule has 0 saturated carbocycles. The summed E-state index contributed by atoms with van der Waals surface area (Å²) in [7, 11) is 0. The molecule has 0 spiro atoms. The van der Waals surface area contributed by atoms with Gasteiger partial charge in [-0.05, 0) is 24.6 Å². The Hall–Kier alpha value is -0.570. The molecule has 0 unspecified atom stereocenters. The van der Waals surface area contributed by atoms with Gasteiger partial charge in [-0.15, -0.1) is 0 Å². The highest BCUT2D eigenvalue weighted by Gasteiger charge is 2.15. The van der Waals surface area contributed by atoms with Crippen LogP contribution in [0.3, 0.4) is 0 Å². The first-order valence-corrected chi connectivity index (χ1v) is 5.82. The summed E-state index contributed by atoms with van der Waals surface area (Å²) in [4.78, 5) is 2.47. The van der Waals surface area contributed by atoms with Gasteiger partial charge in [-0.3, -0.25) is 4.90 Å². The maximum absolute atomic E-state index is 5.96. The summed E-state index contributed by atoms with van der Waals surface area (Å²) in [6, 6.07) is 8.72. The minimum Gasteiger partial charge on any atom is -0.312 e. The van der Waals surface area contributed by atoms with Gasteiger partial charge in [-0.1, -0.05) is 23.7 Å². The van der Waals surface area contributed by atoms with Crippen molar-refractivity contribution < 1.29 is 0 Å². The summed E-state index contributed by atoms with van der Waals surface area (Å²) >= 11 is 5.96. The lowest BCUT2D eigenvalue weighted by Gasteiger charge is -2.31. The number of rotatable bonds is 2. The zero-order valence-corrected chi connectivity index (χ0v) is 9.80. The van der Waals surface area contributed by atoms with Crippen molar-refractivity contribution in [2.75, 3.05) is 19.6 Å². The molecule has 0 bridgehead atoms. The van der Waals surface area contributed by atoms with Crippen molar-refractivity contribution >= 4 is 11.6 Å². The van der Waals surface area contributed by atoms with Crippen molar-refractivity contribution in [2.24, 2.45) is 0 Å². The SMILES string of the molecule is C[C@@H]1CN(Cc2cccc(Cl)c2)CCN1. The van der Waals surface area contributed by atoms with Crippen LogP contribution in [0.15, 0.2) is 24.3 Å². The molecule has 82 valence electrons. The Bertz CT molecular complexity index is 327. The van der Waals surface area contributed by atoms with Gasteiger partial charge >= 0.3 is 0 Å². The van der Waals surface area contributed by atoms with Crippen LogP contribution in [0.1, 0.15) is 12.5 Å². The average Bonchev–Trinajstić information content (AvgIpc) is 2.17. The predicted octanol–water partition coefficient (Wildman–Crippen LogP) is 2.13. The monoisotopic (exact) mass is 224 g/mol. The predicted molar refractivity (Wildman–Crippen MR) is 64.2 cm³/mol. The Morgan fingerprint density at radius 3 is 3.13 bits per heavy atom. The van der Waals surface area contributed by atoms with Crippen LogP contribution in [0.5, 0.6) is 0 Å². The summed E-state index contributed by atoms with van der Waals surface area (Å²) in [6.45, 7) is 6.56. The second-order valence-corrected chi connectivity index (χ2v) is 4.66. The molecule has 1 heterocycles. The Morgan fingerprint density at radius 1 is 1.53 bits per heavy atom. The van der Waals surface area contributed by atoms with E-state index in [1.54, 1.807) is 0 Å². The first-order valence-electron chi connectivity index (χ1n) is 5.44. The third kappa shape index (κ3) is 3.20. The van der Waals surface area contributed by atoms with Crippen molar-refractivity contribution in [2.45, 2.75) is 19.5 Å². The van der Waals surface area contributed by atoms with Crippen LogP contribution in [0.4, 0.5) is 0 Å². The molecular weight excluding hydrogens is 208 g/mol. The number of hydrogen-bond donors (Lipinski definition) is 1. The molecule has 3 heteroatoms. The highest BCUT2D eigenvalue weighted by molar-refractivity contribution is 6.30. The maximum atomic E-state index is 5.96. The Morgan fingerprint density at radius 2 is 2.40 bits per heavy atom. The fourth-order valence-electron chi connectivity index (χ4n) is 2.05. The molecular formula is C12H17ClN2. The van der Waals surface area contributed by atoms with Gasteiger partial charge in [0.15, 0.2) is 0 Å². The van der Waals surface area contributed by atoms with Gasteiger partial charge in [0.1, 0.15) is 0 Å². The Labute approximate surface area is 96.2 Å². The van der Waals surface area contributed by atoms with Gasteiger partial charge in [0.2, 0.25) is 0 Å². The molecule has 2 rings (SSSR count). The van der Waals surface area contributed by atoms with Gasteiger partial charge < -0.3 is 5.32 Å². The van der Waals surface area contributed by atoms with Gasteiger partial charge in [0.05, 0.1) is 0 Å². The first-order chi connectivity index (χ1) is 7.24. The van der Waals surface area contributed by atoms with E-state index >= 15 is 0 Å². The molecule has 1 aliphatic rings. The van der Waals surface area contributed by atoms with Crippen molar-refractivity contribution in [3.63, 3.8) is 0 Å². The molecule has 1 aromatic carbocycles. The lowest BCUT2D eigenvalue weighted by molar-refractivity contribution is 0.199. The second-order valence-electron chi connectivity index (χ2n) is 4.22. The summed E-state index contributed by atoms with van der Waals surface area (Å²) < 4.78 is 0. The average molecular weight is 225 g/mol. The van der Waals surface area contributed by atoms with E-state index in [2.05, 4.69) is 23.2 Å². The van der Waals surface area contributed by atoms with Crippen LogP contribution in [0.25, 0.3) is 0 Å². The molecule has 0 aromatic heterocycles. The van der Waals surface area contributed by atoms with E-state index in [1.807, 2.05) is 18.2 Å². The van der Waals surface area contributed by atoms with E-state index in [4.69, 9.17) is 11.6 Å². The molecule has 1 saturated heterocycles. The van der Waals surface area contributed by atoms with Crippen molar-refractivity contribution in [3.05, 3.63) is 34.9 Å². The zero-order chi connectivity index (χ0) is 10.7. The van der Waals surface area contributed by atoms with Crippen molar-refractivity contribution in [1.82, 2.24) is 10.2 Å². The normalized spacial score (nSPS) is 22.9. The molecule has 0 radical (unpaired) electrons. The molecule has 1 aliphatic heterocycles. The van der Waals surface area contributed by atoms with Crippen LogP contribution < -0.4 is 5.32 Å². The van der Waals surface area contributed by atoms with Crippen LogP contribution in [0, 0.1) is 0 Å². The minimum absolute atomic E-state index is 0.595. The smallest absolute Gasteiger partial charge is 0.0409 e. The van der Waals surface area contributed by atoms with Gasteiger partial charge in [-0.25, -0.2) is 0 Å². The number of nitrogens with zero attached hydrogens (tertiary/aromatic N) is 1. The highest BCUT2D eigenvalue weighted by atomic mass is 35.5.